The van der Waals surface area contributed by atoms with Gasteiger partial charge in [-0.2, -0.15) is 0 Å². The monoisotopic (exact) mass is 387 g/mol. The first kappa shape index (κ1) is 18.6. The van der Waals surface area contributed by atoms with Crippen LogP contribution >= 0.6 is 0 Å². The molecule has 29 heavy (non-hydrogen) atoms. The minimum atomic E-state index is -1.02. The van der Waals surface area contributed by atoms with Crippen LogP contribution in [0, 0.1) is 5.82 Å². The number of anilines is 1. The molecule has 0 bridgehead atoms. The largest absolute Gasteiger partial charge is 0.478 e. The van der Waals surface area contributed by atoms with E-state index < -0.39 is 5.97 Å². The molecule has 1 unspecified atom stereocenters. The average Bonchev–Trinajstić information content (AvgIpc) is 2.74. The van der Waals surface area contributed by atoms with Gasteiger partial charge in [0.15, 0.2) is 5.82 Å². The minimum Gasteiger partial charge on any atom is -0.478 e. The Hall–Kier alpha value is -3.80. The number of benzene rings is 3. The first-order valence-electron chi connectivity index (χ1n) is 9.14. The Morgan fingerprint density at radius 2 is 1.69 bits per heavy atom. The highest BCUT2D eigenvalue weighted by molar-refractivity contribution is 5.93. The zero-order chi connectivity index (χ0) is 20.4. The van der Waals surface area contributed by atoms with Crippen molar-refractivity contribution in [2.45, 2.75) is 13.0 Å². The summed E-state index contributed by atoms with van der Waals surface area (Å²) in [7, 11) is 0. The quantitative estimate of drug-likeness (QED) is 0.486. The highest BCUT2D eigenvalue weighted by atomic mass is 19.1. The molecule has 0 fully saturated rings. The van der Waals surface area contributed by atoms with Gasteiger partial charge in [0.25, 0.3) is 0 Å². The Morgan fingerprint density at radius 1 is 0.966 bits per heavy atom. The predicted molar refractivity (Wildman–Crippen MR) is 110 cm³/mol. The van der Waals surface area contributed by atoms with Crippen molar-refractivity contribution in [2.75, 3.05) is 5.32 Å². The lowest BCUT2D eigenvalue weighted by Crippen LogP contribution is -2.10. The Labute approximate surface area is 166 Å². The Balaban J connectivity index is 1.84. The molecule has 1 aromatic heterocycles. The van der Waals surface area contributed by atoms with E-state index in [0.29, 0.717) is 28.1 Å². The van der Waals surface area contributed by atoms with Gasteiger partial charge in [0.1, 0.15) is 11.5 Å². The molecule has 4 rings (SSSR count). The first-order valence-corrected chi connectivity index (χ1v) is 9.14. The van der Waals surface area contributed by atoms with Gasteiger partial charge >= 0.3 is 5.97 Å². The molecule has 0 aliphatic heterocycles. The summed E-state index contributed by atoms with van der Waals surface area (Å²) in [6.45, 7) is 2.00. The number of aromatic carboxylic acids is 1. The Bertz CT molecular complexity index is 1180. The standard InChI is InChI=1S/C23H18FN3O2/c1-14(15-5-3-2-4-6-15)25-22-21(16-7-10-18(24)11-8-16)26-19-12-9-17(23(28)29)13-20(19)27-22/h2-14H,1H3,(H,25,27)(H,28,29). The zero-order valence-electron chi connectivity index (χ0n) is 15.6. The smallest absolute Gasteiger partial charge is 0.335 e. The van der Waals surface area contributed by atoms with Crippen molar-refractivity contribution in [1.82, 2.24) is 9.97 Å². The number of aromatic nitrogens is 2. The van der Waals surface area contributed by atoms with Crippen LogP contribution in [0.1, 0.15) is 28.9 Å². The van der Waals surface area contributed by atoms with Crippen LogP contribution in [0.3, 0.4) is 0 Å². The molecule has 0 radical (unpaired) electrons. The maximum atomic E-state index is 13.4. The molecule has 1 heterocycles. The van der Waals surface area contributed by atoms with Gasteiger partial charge in [0.2, 0.25) is 0 Å². The van der Waals surface area contributed by atoms with Crippen molar-refractivity contribution in [3.63, 3.8) is 0 Å². The van der Waals surface area contributed by atoms with Crippen molar-refractivity contribution in [2.24, 2.45) is 0 Å². The van der Waals surface area contributed by atoms with Crippen LogP contribution < -0.4 is 5.32 Å². The average molecular weight is 387 g/mol. The second-order valence-corrected chi connectivity index (χ2v) is 6.71. The summed E-state index contributed by atoms with van der Waals surface area (Å²) >= 11 is 0. The lowest BCUT2D eigenvalue weighted by Gasteiger charge is -2.18. The van der Waals surface area contributed by atoms with Gasteiger partial charge < -0.3 is 10.4 Å². The van der Waals surface area contributed by atoms with E-state index in [1.165, 1.54) is 24.3 Å². The number of nitrogens with zero attached hydrogens (tertiary/aromatic N) is 2. The summed E-state index contributed by atoms with van der Waals surface area (Å²) in [6, 6.07) is 20.5. The molecule has 144 valence electrons. The summed E-state index contributed by atoms with van der Waals surface area (Å²) < 4.78 is 13.4. The molecule has 0 aliphatic carbocycles. The van der Waals surface area contributed by atoms with E-state index in [9.17, 15) is 14.3 Å². The van der Waals surface area contributed by atoms with Gasteiger partial charge in [-0.3, -0.25) is 0 Å². The number of rotatable bonds is 5. The summed E-state index contributed by atoms with van der Waals surface area (Å²) in [5.74, 6) is -0.854. The number of fused-ring (bicyclic) bond motifs is 1. The van der Waals surface area contributed by atoms with Gasteiger partial charge in [0.05, 0.1) is 22.6 Å². The topological polar surface area (TPSA) is 75.1 Å². The number of hydrogen-bond acceptors (Lipinski definition) is 4. The normalized spacial score (nSPS) is 11.9. The molecule has 1 atom stereocenters. The highest BCUT2D eigenvalue weighted by Gasteiger charge is 2.15. The highest BCUT2D eigenvalue weighted by Crippen LogP contribution is 2.30. The van der Waals surface area contributed by atoms with Crippen molar-refractivity contribution >= 4 is 22.8 Å². The third-order valence-corrected chi connectivity index (χ3v) is 4.68. The maximum absolute atomic E-state index is 13.4. The lowest BCUT2D eigenvalue weighted by molar-refractivity contribution is 0.0697. The summed E-state index contributed by atoms with van der Waals surface area (Å²) in [4.78, 5) is 20.6. The number of hydrogen-bond donors (Lipinski definition) is 2. The second kappa shape index (κ2) is 7.67. The van der Waals surface area contributed by atoms with Gasteiger partial charge in [0, 0.05) is 5.56 Å². The Morgan fingerprint density at radius 3 is 2.38 bits per heavy atom. The SMILES string of the molecule is CC(Nc1nc2cc(C(=O)O)ccc2nc1-c1ccc(F)cc1)c1ccccc1. The minimum absolute atomic E-state index is 0.0650. The van der Waals surface area contributed by atoms with Crippen molar-refractivity contribution in [3.8, 4) is 11.3 Å². The number of carboxylic acid groups (broad SMARTS) is 1. The van der Waals surface area contributed by atoms with E-state index in [1.807, 2.05) is 37.3 Å². The molecule has 0 spiro atoms. The van der Waals surface area contributed by atoms with Crippen molar-refractivity contribution in [3.05, 3.63) is 89.7 Å². The van der Waals surface area contributed by atoms with Crippen LogP contribution in [0.15, 0.2) is 72.8 Å². The van der Waals surface area contributed by atoms with Gasteiger partial charge in [-0.25, -0.2) is 19.2 Å². The number of carboxylic acids is 1. The maximum Gasteiger partial charge on any atom is 0.335 e. The van der Waals surface area contributed by atoms with Gasteiger partial charge in [-0.1, -0.05) is 30.3 Å². The van der Waals surface area contributed by atoms with E-state index in [2.05, 4.69) is 15.3 Å². The molecule has 0 saturated carbocycles. The van der Waals surface area contributed by atoms with Crippen LogP contribution in [0.2, 0.25) is 0 Å². The third-order valence-electron chi connectivity index (χ3n) is 4.68. The molecule has 6 heteroatoms. The fourth-order valence-corrected chi connectivity index (χ4v) is 3.13. The molecule has 5 nitrogen and oxygen atoms in total. The van der Waals surface area contributed by atoms with Crippen molar-refractivity contribution in [1.29, 1.82) is 0 Å². The van der Waals surface area contributed by atoms with E-state index in [-0.39, 0.29) is 17.4 Å². The van der Waals surface area contributed by atoms with Crippen molar-refractivity contribution < 1.29 is 14.3 Å². The van der Waals surface area contributed by atoms with E-state index in [1.54, 1.807) is 18.2 Å². The molecule has 0 saturated heterocycles. The molecule has 4 aromatic rings. The van der Waals surface area contributed by atoms with E-state index >= 15 is 0 Å². The van der Waals surface area contributed by atoms with Crippen LogP contribution in [-0.4, -0.2) is 21.0 Å². The van der Waals surface area contributed by atoms with Gasteiger partial charge in [-0.05, 0) is 55.0 Å². The summed E-state index contributed by atoms with van der Waals surface area (Å²) in [6.07, 6.45) is 0. The van der Waals surface area contributed by atoms with Crippen LogP contribution in [0.4, 0.5) is 10.2 Å². The fourth-order valence-electron chi connectivity index (χ4n) is 3.13. The molecule has 2 N–H and O–H groups in total. The summed E-state index contributed by atoms with van der Waals surface area (Å²) in [5, 5.41) is 12.6. The number of nitrogens with one attached hydrogen (secondary N) is 1. The molecule has 0 amide bonds. The summed E-state index contributed by atoms with van der Waals surface area (Å²) in [5.41, 5.74) is 3.53. The van der Waals surface area contributed by atoms with Crippen LogP contribution in [0.5, 0.6) is 0 Å². The number of halogens is 1. The fraction of sp³-hybridized carbons (Fsp3) is 0.0870. The molecular formula is C23H18FN3O2. The van der Waals surface area contributed by atoms with E-state index in [0.717, 1.165) is 5.56 Å². The first-order chi connectivity index (χ1) is 14.0. The molecular weight excluding hydrogens is 369 g/mol. The Kier molecular flexibility index (Phi) is 4.91. The van der Waals surface area contributed by atoms with E-state index in [4.69, 9.17) is 0 Å². The molecule has 3 aromatic carbocycles. The van der Waals surface area contributed by atoms with Crippen LogP contribution in [0.25, 0.3) is 22.3 Å². The second-order valence-electron chi connectivity index (χ2n) is 6.71. The molecule has 0 aliphatic rings. The van der Waals surface area contributed by atoms with Gasteiger partial charge in [-0.15, -0.1) is 0 Å². The lowest BCUT2D eigenvalue weighted by atomic mass is 10.1. The predicted octanol–water partition coefficient (Wildman–Crippen LogP) is 5.31. The third kappa shape index (κ3) is 3.91. The van der Waals surface area contributed by atoms with Crippen LogP contribution in [-0.2, 0) is 0 Å². The zero-order valence-corrected chi connectivity index (χ0v) is 15.6. The number of carbonyl (C=O) groups is 1.